The zero-order valence-electron chi connectivity index (χ0n) is 12.0. The molecule has 3 nitrogen and oxygen atoms in total. The Morgan fingerprint density at radius 1 is 1.32 bits per heavy atom. The van der Waals surface area contributed by atoms with E-state index in [0.29, 0.717) is 0 Å². The number of carbonyl (C=O) groups excluding carboxylic acids is 1. The highest BCUT2D eigenvalue weighted by atomic mass is 16.2. The van der Waals surface area contributed by atoms with E-state index in [1.54, 1.807) is 0 Å². The second-order valence-corrected chi connectivity index (χ2v) is 5.15. The average molecular weight is 260 g/mol. The fourth-order valence-corrected chi connectivity index (χ4v) is 2.55. The van der Waals surface area contributed by atoms with Crippen LogP contribution >= 0.6 is 0 Å². The third kappa shape index (κ3) is 3.35. The first-order valence-corrected chi connectivity index (χ1v) is 7.38. The minimum absolute atomic E-state index is 0.171. The van der Waals surface area contributed by atoms with Gasteiger partial charge in [-0.2, -0.15) is 0 Å². The number of hydrogen-bond donors (Lipinski definition) is 1. The van der Waals surface area contributed by atoms with Crippen molar-refractivity contribution in [3.63, 3.8) is 0 Å². The third-order valence-electron chi connectivity index (χ3n) is 3.79. The van der Waals surface area contributed by atoms with Gasteiger partial charge in [0.2, 0.25) is 0 Å². The second-order valence-electron chi connectivity index (χ2n) is 5.15. The number of hydrogen-bond acceptors (Lipinski definition) is 2. The zero-order chi connectivity index (χ0) is 13.7. The molecular formula is C16H24N2O. The van der Waals surface area contributed by atoms with Gasteiger partial charge >= 0.3 is 0 Å². The Hall–Kier alpha value is -1.35. The molecule has 0 aliphatic carbocycles. The lowest BCUT2D eigenvalue weighted by atomic mass is 9.98. The lowest BCUT2D eigenvalue weighted by molar-refractivity contribution is 0.0762. The normalized spacial score (nSPS) is 14.0. The van der Waals surface area contributed by atoms with Crippen LogP contribution in [-0.4, -0.2) is 30.4 Å². The molecule has 1 aromatic rings. The van der Waals surface area contributed by atoms with Crippen molar-refractivity contribution in [3.8, 4) is 0 Å². The molecule has 3 heteroatoms. The topological polar surface area (TPSA) is 32.3 Å². The van der Waals surface area contributed by atoms with Gasteiger partial charge in [-0.15, -0.1) is 0 Å². The molecule has 0 fully saturated rings. The summed E-state index contributed by atoms with van der Waals surface area (Å²) in [6.45, 7) is 7.78. The molecule has 0 spiro atoms. The van der Waals surface area contributed by atoms with Crippen LogP contribution in [0.3, 0.4) is 0 Å². The fourth-order valence-electron chi connectivity index (χ4n) is 2.55. The number of nitrogens with zero attached hydrogens (tertiary/aromatic N) is 1. The minimum atomic E-state index is 0.171. The monoisotopic (exact) mass is 260 g/mol. The molecule has 19 heavy (non-hydrogen) atoms. The predicted molar refractivity (Wildman–Crippen MR) is 78.3 cm³/mol. The van der Waals surface area contributed by atoms with Crippen LogP contribution in [0.5, 0.6) is 0 Å². The van der Waals surface area contributed by atoms with E-state index in [2.05, 4.69) is 24.4 Å². The van der Waals surface area contributed by atoms with Gasteiger partial charge in [-0.25, -0.2) is 0 Å². The van der Waals surface area contributed by atoms with Crippen LogP contribution in [0.15, 0.2) is 18.2 Å². The summed E-state index contributed by atoms with van der Waals surface area (Å²) in [7, 11) is 0. The summed E-state index contributed by atoms with van der Waals surface area (Å²) < 4.78 is 0. The molecule has 0 radical (unpaired) electrons. The summed E-state index contributed by atoms with van der Waals surface area (Å²) >= 11 is 0. The van der Waals surface area contributed by atoms with Crippen LogP contribution in [0.1, 0.15) is 48.2 Å². The fraction of sp³-hybridized carbons (Fsp3) is 0.562. The molecule has 0 unspecified atom stereocenters. The van der Waals surface area contributed by atoms with E-state index in [4.69, 9.17) is 0 Å². The second kappa shape index (κ2) is 6.71. The Kier molecular flexibility index (Phi) is 4.97. The Bertz CT molecular complexity index is 442. The standard InChI is InChI=1S/C16H24N2O/c1-3-5-10-18(4-2)16(19)14-7-6-13-8-9-17-12-15(13)11-14/h6-7,11,17H,3-5,8-10,12H2,1-2H3. The molecule has 104 valence electrons. The summed E-state index contributed by atoms with van der Waals surface area (Å²) in [5.74, 6) is 0.171. The number of amides is 1. The molecule has 0 saturated carbocycles. The number of benzene rings is 1. The Balaban J connectivity index is 2.13. The smallest absolute Gasteiger partial charge is 0.253 e. The highest BCUT2D eigenvalue weighted by molar-refractivity contribution is 5.94. The van der Waals surface area contributed by atoms with Crippen molar-refractivity contribution >= 4 is 5.91 Å². The summed E-state index contributed by atoms with van der Waals surface area (Å²) in [6, 6.07) is 6.18. The molecule has 1 aliphatic rings. The van der Waals surface area contributed by atoms with Crippen molar-refractivity contribution in [3.05, 3.63) is 34.9 Å². The Morgan fingerprint density at radius 2 is 2.16 bits per heavy atom. The molecule has 1 aromatic carbocycles. The molecular weight excluding hydrogens is 236 g/mol. The first kappa shape index (κ1) is 14.1. The van der Waals surface area contributed by atoms with E-state index in [-0.39, 0.29) is 5.91 Å². The number of nitrogens with one attached hydrogen (secondary N) is 1. The first-order chi connectivity index (χ1) is 9.26. The number of fused-ring (bicyclic) bond motifs is 1. The zero-order valence-corrected chi connectivity index (χ0v) is 12.0. The first-order valence-electron chi connectivity index (χ1n) is 7.38. The molecule has 1 N–H and O–H groups in total. The molecule has 0 saturated heterocycles. The molecule has 0 aromatic heterocycles. The lowest BCUT2D eigenvalue weighted by Crippen LogP contribution is -2.32. The van der Waals surface area contributed by atoms with Gasteiger partial charge in [0.15, 0.2) is 0 Å². The van der Waals surface area contributed by atoms with Crippen molar-refractivity contribution in [1.82, 2.24) is 10.2 Å². The molecule has 1 amide bonds. The molecule has 0 atom stereocenters. The van der Waals surface area contributed by atoms with Gasteiger partial charge in [-0.3, -0.25) is 4.79 Å². The van der Waals surface area contributed by atoms with Gasteiger partial charge in [0.05, 0.1) is 0 Å². The van der Waals surface area contributed by atoms with Crippen molar-refractivity contribution in [2.24, 2.45) is 0 Å². The van der Waals surface area contributed by atoms with Crippen LogP contribution in [0.4, 0.5) is 0 Å². The van der Waals surface area contributed by atoms with Crippen molar-refractivity contribution < 1.29 is 4.79 Å². The number of rotatable bonds is 5. The highest BCUT2D eigenvalue weighted by Crippen LogP contribution is 2.17. The van der Waals surface area contributed by atoms with Gasteiger partial charge in [-0.1, -0.05) is 19.4 Å². The number of carbonyl (C=O) groups is 1. The highest BCUT2D eigenvalue weighted by Gasteiger charge is 2.16. The maximum atomic E-state index is 12.5. The minimum Gasteiger partial charge on any atom is -0.339 e. The Morgan fingerprint density at radius 3 is 2.89 bits per heavy atom. The van der Waals surface area contributed by atoms with Gasteiger partial charge in [0, 0.05) is 25.2 Å². The molecule has 2 rings (SSSR count). The maximum Gasteiger partial charge on any atom is 0.253 e. The van der Waals surface area contributed by atoms with Crippen molar-refractivity contribution in [2.45, 2.75) is 39.7 Å². The quantitative estimate of drug-likeness (QED) is 0.882. The number of unbranched alkanes of at least 4 members (excludes halogenated alkanes) is 1. The average Bonchev–Trinajstić information content (AvgIpc) is 2.47. The Labute approximate surface area is 116 Å². The van der Waals surface area contributed by atoms with E-state index in [0.717, 1.165) is 51.0 Å². The largest absolute Gasteiger partial charge is 0.339 e. The third-order valence-corrected chi connectivity index (χ3v) is 3.79. The molecule has 0 bridgehead atoms. The summed E-state index contributed by atoms with van der Waals surface area (Å²) in [5, 5.41) is 3.36. The maximum absolute atomic E-state index is 12.5. The van der Waals surface area contributed by atoms with E-state index < -0.39 is 0 Å². The van der Waals surface area contributed by atoms with Crippen molar-refractivity contribution in [1.29, 1.82) is 0 Å². The summed E-state index contributed by atoms with van der Waals surface area (Å²) in [5.41, 5.74) is 3.50. The van der Waals surface area contributed by atoms with E-state index in [1.165, 1.54) is 11.1 Å². The van der Waals surface area contributed by atoms with Gasteiger partial charge in [-0.05, 0) is 49.6 Å². The van der Waals surface area contributed by atoms with Crippen molar-refractivity contribution in [2.75, 3.05) is 19.6 Å². The van der Waals surface area contributed by atoms with Gasteiger partial charge in [0.1, 0.15) is 0 Å². The summed E-state index contributed by atoms with van der Waals surface area (Å²) in [6.07, 6.45) is 3.26. The lowest BCUT2D eigenvalue weighted by Gasteiger charge is -2.22. The van der Waals surface area contributed by atoms with Gasteiger partial charge in [0.25, 0.3) is 5.91 Å². The SMILES string of the molecule is CCCCN(CC)C(=O)c1ccc2c(c1)CNCC2. The van der Waals surface area contributed by atoms with Crippen LogP contribution in [0, 0.1) is 0 Å². The van der Waals surface area contributed by atoms with E-state index >= 15 is 0 Å². The molecule has 1 heterocycles. The van der Waals surface area contributed by atoms with Crippen LogP contribution in [0.2, 0.25) is 0 Å². The van der Waals surface area contributed by atoms with E-state index in [9.17, 15) is 4.79 Å². The summed E-state index contributed by atoms with van der Waals surface area (Å²) in [4.78, 5) is 14.4. The van der Waals surface area contributed by atoms with Gasteiger partial charge < -0.3 is 10.2 Å². The van der Waals surface area contributed by atoms with E-state index in [1.807, 2.05) is 17.9 Å². The molecule has 1 aliphatic heterocycles. The van der Waals surface area contributed by atoms with Crippen LogP contribution < -0.4 is 5.32 Å². The van der Waals surface area contributed by atoms with Crippen LogP contribution in [0.25, 0.3) is 0 Å². The predicted octanol–water partition coefficient (Wildman–Crippen LogP) is 2.59. The van der Waals surface area contributed by atoms with Crippen LogP contribution in [-0.2, 0) is 13.0 Å².